The number of carbonyl (C=O) groups excluding carboxylic acids is 3. The van der Waals surface area contributed by atoms with Crippen molar-refractivity contribution in [3.8, 4) is 0 Å². The van der Waals surface area contributed by atoms with E-state index in [1.165, 1.54) is 6.92 Å². The second-order valence-electron chi connectivity index (χ2n) is 5.01. The van der Waals surface area contributed by atoms with Gasteiger partial charge in [0.1, 0.15) is 9.71 Å². The van der Waals surface area contributed by atoms with Gasteiger partial charge in [-0.25, -0.2) is 14.6 Å². The molecule has 23 heavy (non-hydrogen) atoms. The first-order valence-electron chi connectivity index (χ1n) is 6.68. The van der Waals surface area contributed by atoms with Crippen LogP contribution in [0.4, 0.5) is 10.5 Å². The van der Waals surface area contributed by atoms with Gasteiger partial charge in [-0.05, 0) is 32.4 Å². The molecular formula is C14H16N4O4S. The summed E-state index contributed by atoms with van der Waals surface area (Å²) in [7, 11) is 0. The SMILES string of the molecule is Cc1cc(C)c2c(N)c(C(=O)O[C@H](C)C(=O)NC(N)=O)sc2n1. The van der Waals surface area contributed by atoms with Gasteiger partial charge in [-0.2, -0.15) is 0 Å². The summed E-state index contributed by atoms with van der Waals surface area (Å²) in [5.74, 6) is -1.56. The molecule has 2 rings (SSSR count). The van der Waals surface area contributed by atoms with E-state index in [0.29, 0.717) is 10.2 Å². The van der Waals surface area contributed by atoms with Gasteiger partial charge in [-0.3, -0.25) is 10.1 Å². The molecule has 0 aliphatic heterocycles. The maximum absolute atomic E-state index is 12.2. The highest BCUT2D eigenvalue weighted by molar-refractivity contribution is 7.21. The van der Waals surface area contributed by atoms with E-state index >= 15 is 0 Å². The van der Waals surface area contributed by atoms with Crippen molar-refractivity contribution in [2.24, 2.45) is 5.73 Å². The van der Waals surface area contributed by atoms with Gasteiger partial charge in [0.15, 0.2) is 6.10 Å². The predicted octanol–water partition coefficient (Wildman–Crippen LogP) is 1.24. The lowest BCUT2D eigenvalue weighted by atomic mass is 10.1. The lowest BCUT2D eigenvalue weighted by Crippen LogP contribution is -2.42. The Morgan fingerprint density at radius 1 is 1.35 bits per heavy atom. The average molecular weight is 336 g/mol. The third-order valence-electron chi connectivity index (χ3n) is 3.11. The van der Waals surface area contributed by atoms with Gasteiger partial charge in [0.05, 0.1) is 5.69 Å². The van der Waals surface area contributed by atoms with E-state index in [4.69, 9.17) is 16.2 Å². The monoisotopic (exact) mass is 336 g/mol. The molecule has 0 radical (unpaired) electrons. The Balaban J connectivity index is 2.28. The number of nitrogens with zero attached hydrogens (tertiary/aromatic N) is 1. The first kappa shape index (κ1) is 16.7. The molecule has 8 nitrogen and oxygen atoms in total. The number of imide groups is 1. The maximum atomic E-state index is 12.2. The van der Waals surface area contributed by atoms with Crippen LogP contribution < -0.4 is 16.8 Å². The molecule has 5 N–H and O–H groups in total. The van der Waals surface area contributed by atoms with E-state index in [-0.39, 0.29) is 10.6 Å². The Bertz CT molecular complexity index is 815. The van der Waals surface area contributed by atoms with Crippen molar-refractivity contribution in [1.29, 1.82) is 0 Å². The van der Waals surface area contributed by atoms with Crippen LogP contribution in [0.3, 0.4) is 0 Å². The fraction of sp³-hybridized carbons (Fsp3) is 0.286. The summed E-state index contributed by atoms with van der Waals surface area (Å²) in [5, 5.41) is 2.54. The number of pyridine rings is 1. The van der Waals surface area contributed by atoms with Crippen LogP contribution in [0.25, 0.3) is 10.2 Å². The van der Waals surface area contributed by atoms with Crippen molar-refractivity contribution in [3.05, 3.63) is 22.2 Å². The van der Waals surface area contributed by atoms with Crippen LogP contribution in [-0.2, 0) is 9.53 Å². The summed E-state index contributed by atoms with van der Waals surface area (Å²) in [6.45, 7) is 5.04. The summed E-state index contributed by atoms with van der Waals surface area (Å²) in [4.78, 5) is 39.5. The van der Waals surface area contributed by atoms with Crippen LogP contribution in [0.1, 0.15) is 27.9 Å². The van der Waals surface area contributed by atoms with Gasteiger partial charge < -0.3 is 16.2 Å². The summed E-state index contributed by atoms with van der Waals surface area (Å²) in [6.07, 6.45) is -1.18. The number of hydrogen-bond acceptors (Lipinski definition) is 7. The van der Waals surface area contributed by atoms with Crippen molar-refractivity contribution in [2.75, 3.05) is 5.73 Å². The highest BCUT2D eigenvalue weighted by atomic mass is 32.1. The zero-order chi connectivity index (χ0) is 17.3. The van der Waals surface area contributed by atoms with Gasteiger partial charge in [-0.1, -0.05) is 0 Å². The third-order valence-corrected chi connectivity index (χ3v) is 4.19. The Morgan fingerprint density at radius 3 is 2.61 bits per heavy atom. The number of primary amides is 1. The minimum absolute atomic E-state index is 0.167. The summed E-state index contributed by atoms with van der Waals surface area (Å²) < 4.78 is 5.02. The van der Waals surface area contributed by atoms with E-state index < -0.39 is 24.0 Å². The van der Waals surface area contributed by atoms with Gasteiger partial charge >= 0.3 is 12.0 Å². The van der Waals surface area contributed by atoms with Crippen molar-refractivity contribution < 1.29 is 19.1 Å². The van der Waals surface area contributed by atoms with Crippen molar-refractivity contribution >= 4 is 45.1 Å². The summed E-state index contributed by atoms with van der Waals surface area (Å²) in [5.41, 5.74) is 12.8. The molecule has 1 atom stereocenters. The molecule has 0 aliphatic rings. The molecular weight excluding hydrogens is 320 g/mol. The number of nitrogens with one attached hydrogen (secondary N) is 1. The van der Waals surface area contributed by atoms with Gasteiger partial charge in [0.2, 0.25) is 0 Å². The Morgan fingerprint density at radius 2 is 2.00 bits per heavy atom. The fourth-order valence-corrected chi connectivity index (χ4v) is 3.21. The lowest BCUT2D eigenvalue weighted by molar-refractivity contribution is -0.127. The van der Waals surface area contributed by atoms with Crippen LogP contribution in [0.5, 0.6) is 0 Å². The van der Waals surface area contributed by atoms with Crippen molar-refractivity contribution in [2.45, 2.75) is 26.9 Å². The van der Waals surface area contributed by atoms with E-state index in [1.807, 2.05) is 25.2 Å². The fourth-order valence-electron chi connectivity index (χ4n) is 2.11. The molecule has 9 heteroatoms. The molecule has 0 bridgehead atoms. The Hall–Kier alpha value is -2.68. The molecule has 0 saturated heterocycles. The largest absolute Gasteiger partial charge is 0.448 e. The van der Waals surface area contributed by atoms with Crippen LogP contribution in [0.2, 0.25) is 0 Å². The minimum Gasteiger partial charge on any atom is -0.448 e. The topological polar surface area (TPSA) is 137 Å². The second kappa shape index (κ2) is 6.21. The second-order valence-corrected chi connectivity index (χ2v) is 6.01. The Kier molecular flexibility index (Phi) is 4.50. The Labute approximate surface area is 135 Å². The molecule has 0 fully saturated rings. The number of urea groups is 1. The zero-order valence-electron chi connectivity index (χ0n) is 12.8. The summed E-state index contributed by atoms with van der Waals surface area (Å²) >= 11 is 1.09. The average Bonchev–Trinajstić information content (AvgIpc) is 2.74. The lowest BCUT2D eigenvalue weighted by Gasteiger charge is -2.11. The molecule has 2 heterocycles. The standard InChI is InChI=1S/C14H16N4O4S/c1-5-4-6(2)17-12-8(5)9(15)10(23-12)13(20)22-7(3)11(19)18-14(16)21/h4,7H,15H2,1-3H3,(H3,16,18,19,21)/t7-/m1/s1. The minimum atomic E-state index is -1.18. The summed E-state index contributed by atoms with van der Waals surface area (Å²) in [6, 6.07) is 0.846. The number of aryl methyl sites for hydroxylation is 2. The van der Waals surface area contributed by atoms with E-state index in [9.17, 15) is 14.4 Å². The van der Waals surface area contributed by atoms with Crippen LogP contribution >= 0.6 is 11.3 Å². The number of aromatic nitrogens is 1. The molecule has 0 spiro atoms. The van der Waals surface area contributed by atoms with Gasteiger partial charge in [0.25, 0.3) is 5.91 Å². The number of nitrogens with two attached hydrogens (primary N) is 2. The molecule has 0 saturated carbocycles. The number of anilines is 1. The molecule has 0 unspecified atom stereocenters. The molecule has 0 aliphatic carbocycles. The van der Waals surface area contributed by atoms with Crippen molar-refractivity contribution in [3.63, 3.8) is 0 Å². The third kappa shape index (κ3) is 3.39. The smallest absolute Gasteiger partial charge is 0.351 e. The highest BCUT2D eigenvalue weighted by Crippen LogP contribution is 2.35. The van der Waals surface area contributed by atoms with Gasteiger partial charge in [0, 0.05) is 11.1 Å². The molecule has 3 amide bonds. The number of esters is 1. The molecule has 0 aromatic carbocycles. The molecule has 2 aromatic rings. The number of thiophene rings is 1. The predicted molar refractivity (Wildman–Crippen MR) is 86.1 cm³/mol. The number of carbonyl (C=O) groups is 3. The molecule has 122 valence electrons. The first-order chi connectivity index (χ1) is 10.7. The van der Waals surface area contributed by atoms with E-state index in [2.05, 4.69) is 4.98 Å². The zero-order valence-corrected chi connectivity index (χ0v) is 13.6. The van der Waals surface area contributed by atoms with Crippen LogP contribution in [-0.4, -0.2) is 29.0 Å². The quantitative estimate of drug-likeness (QED) is 0.721. The number of amides is 3. The number of fused-ring (bicyclic) bond motifs is 1. The number of nitrogen functional groups attached to an aromatic ring is 1. The van der Waals surface area contributed by atoms with E-state index in [1.54, 1.807) is 0 Å². The van der Waals surface area contributed by atoms with Crippen LogP contribution in [0.15, 0.2) is 6.07 Å². The normalized spacial score (nSPS) is 12.0. The van der Waals surface area contributed by atoms with Gasteiger partial charge in [-0.15, -0.1) is 11.3 Å². The first-order valence-corrected chi connectivity index (χ1v) is 7.49. The van der Waals surface area contributed by atoms with Crippen LogP contribution in [0, 0.1) is 13.8 Å². The molecule has 2 aromatic heterocycles. The maximum Gasteiger partial charge on any atom is 0.351 e. The number of hydrogen-bond donors (Lipinski definition) is 3. The number of ether oxygens (including phenoxy) is 1. The number of rotatable bonds is 3. The van der Waals surface area contributed by atoms with E-state index in [0.717, 1.165) is 22.6 Å². The van der Waals surface area contributed by atoms with Crippen molar-refractivity contribution in [1.82, 2.24) is 10.3 Å². The highest BCUT2D eigenvalue weighted by Gasteiger charge is 2.24.